The highest BCUT2D eigenvalue weighted by Crippen LogP contribution is 1.97. The van der Waals surface area contributed by atoms with Gasteiger partial charge < -0.3 is 9.67 Å². The molecule has 0 aliphatic heterocycles. The molecule has 1 aromatic heterocycles. The van der Waals surface area contributed by atoms with Gasteiger partial charge in [0.05, 0.1) is 6.54 Å². The molecule has 0 saturated carbocycles. The summed E-state index contributed by atoms with van der Waals surface area (Å²) in [6.07, 6.45) is 3.59. The average molecular weight is 197 g/mol. The van der Waals surface area contributed by atoms with E-state index in [-0.39, 0.29) is 0 Å². The smallest absolute Gasteiger partial charge is 0.320 e. The van der Waals surface area contributed by atoms with E-state index in [4.69, 9.17) is 5.11 Å². The number of aliphatic carboxylic acids is 1. The number of imidazole rings is 1. The largest absolute Gasteiger partial charge is 0.480 e. The van der Waals surface area contributed by atoms with E-state index in [1.807, 2.05) is 17.7 Å². The van der Waals surface area contributed by atoms with Crippen LogP contribution in [0.15, 0.2) is 12.4 Å². The van der Waals surface area contributed by atoms with Gasteiger partial charge in [0.25, 0.3) is 0 Å². The highest BCUT2D eigenvalue weighted by atomic mass is 16.4. The lowest BCUT2D eigenvalue weighted by atomic mass is 10.3. The maximum atomic E-state index is 10.5. The molecule has 5 heteroatoms. The normalized spacial score (nSPS) is 12.7. The van der Waals surface area contributed by atoms with E-state index in [9.17, 15) is 4.79 Å². The van der Waals surface area contributed by atoms with E-state index in [1.165, 1.54) is 0 Å². The predicted octanol–water partition coefficient (Wildman–Crippen LogP) is 0.466. The van der Waals surface area contributed by atoms with Crippen molar-refractivity contribution in [2.45, 2.75) is 33.0 Å². The summed E-state index contributed by atoms with van der Waals surface area (Å²) in [5, 5.41) is 11.5. The SMILES string of the molecule is CCn1ccnc1CNC(C)C(=O)O. The van der Waals surface area contributed by atoms with Crippen LogP contribution in [0.3, 0.4) is 0 Å². The summed E-state index contributed by atoms with van der Waals surface area (Å²) < 4.78 is 1.97. The van der Waals surface area contributed by atoms with E-state index in [2.05, 4.69) is 10.3 Å². The Hall–Kier alpha value is -1.36. The quantitative estimate of drug-likeness (QED) is 0.720. The number of nitrogens with one attached hydrogen (secondary N) is 1. The Balaban J connectivity index is 2.49. The standard InChI is InChI=1S/C9H15N3O2/c1-3-12-5-4-10-8(12)6-11-7(2)9(13)14/h4-5,7,11H,3,6H2,1-2H3,(H,13,14). The zero-order chi connectivity index (χ0) is 10.6. The summed E-state index contributed by atoms with van der Waals surface area (Å²) in [4.78, 5) is 14.6. The number of rotatable bonds is 5. The van der Waals surface area contributed by atoms with Gasteiger partial charge in [-0.2, -0.15) is 0 Å². The molecule has 0 saturated heterocycles. The summed E-state index contributed by atoms with van der Waals surface area (Å²) in [5.41, 5.74) is 0. The van der Waals surface area contributed by atoms with Gasteiger partial charge in [-0.3, -0.25) is 10.1 Å². The molecule has 0 aromatic carbocycles. The van der Waals surface area contributed by atoms with Crippen LogP contribution in [0.25, 0.3) is 0 Å². The Labute approximate surface area is 82.8 Å². The van der Waals surface area contributed by atoms with Crippen molar-refractivity contribution in [2.24, 2.45) is 0 Å². The highest BCUT2D eigenvalue weighted by Gasteiger charge is 2.10. The van der Waals surface area contributed by atoms with Crippen molar-refractivity contribution in [3.63, 3.8) is 0 Å². The molecule has 14 heavy (non-hydrogen) atoms. The molecule has 1 aromatic rings. The van der Waals surface area contributed by atoms with Crippen LogP contribution in [-0.4, -0.2) is 26.7 Å². The van der Waals surface area contributed by atoms with Gasteiger partial charge in [-0.25, -0.2) is 4.98 Å². The number of aryl methyl sites for hydroxylation is 1. The third kappa shape index (κ3) is 2.56. The predicted molar refractivity (Wildman–Crippen MR) is 51.8 cm³/mol. The van der Waals surface area contributed by atoms with Crippen LogP contribution in [0.2, 0.25) is 0 Å². The lowest BCUT2D eigenvalue weighted by molar-refractivity contribution is -0.139. The summed E-state index contributed by atoms with van der Waals surface area (Å²) in [5.74, 6) is 0.0141. The van der Waals surface area contributed by atoms with Gasteiger partial charge in [-0.05, 0) is 13.8 Å². The first kappa shape index (κ1) is 10.7. The fraction of sp³-hybridized carbons (Fsp3) is 0.556. The van der Waals surface area contributed by atoms with Crippen LogP contribution in [-0.2, 0) is 17.9 Å². The number of carboxylic acid groups (broad SMARTS) is 1. The Kier molecular flexibility index (Phi) is 3.64. The summed E-state index contributed by atoms with van der Waals surface area (Å²) >= 11 is 0. The van der Waals surface area contributed by atoms with Crippen molar-refractivity contribution in [1.29, 1.82) is 0 Å². The van der Waals surface area contributed by atoms with Crippen LogP contribution in [0.1, 0.15) is 19.7 Å². The Morgan fingerprint density at radius 2 is 2.50 bits per heavy atom. The molecule has 0 bridgehead atoms. The summed E-state index contributed by atoms with van der Waals surface area (Å²) in [6, 6.07) is -0.544. The number of nitrogens with zero attached hydrogens (tertiary/aromatic N) is 2. The van der Waals surface area contributed by atoms with Crippen molar-refractivity contribution in [2.75, 3.05) is 0 Å². The second-order valence-corrected chi connectivity index (χ2v) is 3.07. The molecule has 0 amide bonds. The summed E-state index contributed by atoms with van der Waals surface area (Å²) in [7, 11) is 0. The molecule has 1 heterocycles. The van der Waals surface area contributed by atoms with Crippen LogP contribution in [0.4, 0.5) is 0 Å². The maximum absolute atomic E-state index is 10.5. The first-order valence-corrected chi connectivity index (χ1v) is 4.61. The fourth-order valence-electron chi connectivity index (χ4n) is 1.13. The van der Waals surface area contributed by atoms with Crippen molar-refractivity contribution in [3.05, 3.63) is 18.2 Å². The zero-order valence-corrected chi connectivity index (χ0v) is 8.40. The van der Waals surface area contributed by atoms with E-state index < -0.39 is 12.0 Å². The maximum Gasteiger partial charge on any atom is 0.320 e. The van der Waals surface area contributed by atoms with Gasteiger partial charge in [0.15, 0.2) is 0 Å². The minimum absolute atomic E-state index is 0.480. The number of carbonyl (C=O) groups is 1. The molecule has 2 N–H and O–H groups in total. The molecule has 0 aliphatic rings. The summed E-state index contributed by atoms with van der Waals surface area (Å²) in [6.45, 7) is 4.96. The Morgan fingerprint density at radius 3 is 3.07 bits per heavy atom. The molecule has 1 rings (SSSR count). The molecular formula is C9H15N3O2. The van der Waals surface area contributed by atoms with Crippen molar-refractivity contribution >= 4 is 5.97 Å². The van der Waals surface area contributed by atoms with E-state index >= 15 is 0 Å². The van der Waals surface area contributed by atoms with E-state index in [0.717, 1.165) is 12.4 Å². The second-order valence-electron chi connectivity index (χ2n) is 3.07. The molecule has 78 valence electrons. The minimum Gasteiger partial charge on any atom is -0.480 e. The van der Waals surface area contributed by atoms with Crippen LogP contribution >= 0.6 is 0 Å². The monoisotopic (exact) mass is 197 g/mol. The topological polar surface area (TPSA) is 67.2 Å². The molecule has 0 spiro atoms. The van der Waals surface area contributed by atoms with Gasteiger partial charge >= 0.3 is 5.97 Å². The van der Waals surface area contributed by atoms with Crippen molar-refractivity contribution in [1.82, 2.24) is 14.9 Å². The van der Waals surface area contributed by atoms with Crippen LogP contribution < -0.4 is 5.32 Å². The Morgan fingerprint density at radius 1 is 1.79 bits per heavy atom. The molecular weight excluding hydrogens is 182 g/mol. The van der Waals surface area contributed by atoms with Crippen LogP contribution in [0.5, 0.6) is 0 Å². The van der Waals surface area contributed by atoms with Gasteiger partial charge in [0, 0.05) is 18.9 Å². The van der Waals surface area contributed by atoms with Crippen molar-refractivity contribution < 1.29 is 9.90 Å². The Bertz CT molecular complexity index is 309. The number of aromatic nitrogens is 2. The van der Waals surface area contributed by atoms with Gasteiger partial charge in [0.1, 0.15) is 11.9 Å². The van der Waals surface area contributed by atoms with Gasteiger partial charge in [-0.1, -0.05) is 0 Å². The fourth-order valence-corrected chi connectivity index (χ4v) is 1.13. The number of carboxylic acids is 1. The third-order valence-electron chi connectivity index (χ3n) is 2.08. The lowest BCUT2D eigenvalue weighted by Gasteiger charge is -2.09. The molecule has 1 atom stereocenters. The third-order valence-corrected chi connectivity index (χ3v) is 2.08. The van der Waals surface area contributed by atoms with Crippen LogP contribution in [0, 0.1) is 0 Å². The molecule has 0 fully saturated rings. The minimum atomic E-state index is -0.848. The molecule has 1 unspecified atom stereocenters. The molecule has 0 aliphatic carbocycles. The number of hydrogen-bond donors (Lipinski definition) is 2. The highest BCUT2D eigenvalue weighted by molar-refractivity contribution is 5.72. The van der Waals surface area contributed by atoms with E-state index in [1.54, 1.807) is 13.1 Å². The number of hydrogen-bond acceptors (Lipinski definition) is 3. The van der Waals surface area contributed by atoms with Gasteiger partial charge in [0.2, 0.25) is 0 Å². The zero-order valence-electron chi connectivity index (χ0n) is 8.40. The lowest BCUT2D eigenvalue weighted by Crippen LogP contribution is -2.33. The van der Waals surface area contributed by atoms with Crippen molar-refractivity contribution in [3.8, 4) is 0 Å². The second kappa shape index (κ2) is 4.76. The first-order chi connectivity index (χ1) is 6.65. The molecule has 0 radical (unpaired) electrons. The molecule has 5 nitrogen and oxygen atoms in total. The van der Waals surface area contributed by atoms with Gasteiger partial charge in [-0.15, -0.1) is 0 Å². The first-order valence-electron chi connectivity index (χ1n) is 4.61. The average Bonchev–Trinajstić information content (AvgIpc) is 2.60. The van der Waals surface area contributed by atoms with E-state index in [0.29, 0.717) is 6.54 Å².